The Hall–Kier alpha value is -2.65. The van der Waals surface area contributed by atoms with Crippen LogP contribution in [-0.2, 0) is 10.0 Å². The standard InChI is InChI=1S/C26H30N4O3S/c1-19-6-2-3-7-25(19)34(32,33)29-12-4-5-13-30-23(16-29)26(24(30)17-31)21-10-8-20(9-11-21)22-14-27-18-28-15-22/h2-3,6-11,14-15,18,23-24,26,31H,4-5,12-13,16-17H2,1H3/t23-,24-,26-/m1/s1. The van der Waals surface area contributed by atoms with Crippen molar-refractivity contribution in [1.82, 2.24) is 19.2 Å². The van der Waals surface area contributed by atoms with Gasteiger partial charge in [-0.1, -0.05) is 42.5 Å². The Labute approximate surface area is 201 Å². The van der Waals surface area contributed by atoms with Crippen molar-refractivity contribution in [3.63, 3.8) is 0 Å². The number of benzene rings is 2. The second-order valence-corrected chi connectivity index (χ2v) is 11.1. The van der Waals surface area contributed by atoms with E-state index in [9.17, 15) is 13.5 Å². The van der Waals surface area contributed by atoms with Crippen LogP contribution in [0.15, 0.2) is 72.1 Å². The zero-order chi connectivity index (χ0) is 23.7. The van der Waals surface area contributed by atoms with E-state index in [1.807, 2.05) is 19.1 Å². The fourth-order valence-corrected chi connectivity index (χ4v) is 7.18. The molecule has 34 heavy (non-hydrogen) atoms. The molecule has 3 aromatic rings. The molecule has 2 saturated heterocycles. The van der Waals surface area contributed by atoms with Gasteiger partial charge in [0.05, 0.1) is 11.5 Å². The number of aryl methyl sites for hydroxylation is 1. The molecule has 1 N–H and O–H groups in total. The Kier molecular flexibility index (Phi) is 6.48. The number of nitrogens with zero attached hydrogens (tertiary/aromatic N) is 4. The average Bonchev–Trinajstić information content (AvgIpc) is 2.84. The molecule has 2 aliphatic rings. The highest BCUT2D eigenvalue weighted by Gasteiger charge is 2.50. The highest BCUT2D eigenvalue weighted by Crippen LogP contribution is 2.43. The lowest BCUT2D eigenvalue weighted by molar-refractivity contribution is -0.0553. The maximum Gasteiger partial charge on any atom is 0.243 e. The topological polar surface area (TPSA) is 86.6 Å². The maximum atomic E-state index is 13.6. The molecule has 0 aliphatic carbocycles. The number of hydrogen-bond acceptors (Lipinski definition) is 6. The predicted octanol–water partition coefficient (Wildman–Crippen LogP) is 3.07. The Morgan fingerprint density at radius 1 is 0.971 bits per heavy atom. The lowest BCUT2D eigenvalue weighted by Gasteiger charge is -2.57. The lowest BCUT2D eigenvalue weighted by atomic mass is 9.74. The highest BCUT2D eigenvalue weighted by molar-refractivity contribution is 7.89. The van der Waals surface area contributed by atoms with E-state index in [1.165, 1.54) is 6.33 Å². The maximum absolute atomic E-state index is 13.6. The molecule has 0 spiro atoms. The van der Waals surface area contributed by atoms with Gasteiger partial charge in [-0.25, -0.2) is 18.4 Å². The summed E-state index contributed by atoms with van der Waals surface area (Å²) < 4.78 is 28.8. The molecule has 0 radical (unpaired) electrons. The van der Waals surface area contributed by atoms with E-state index in [0.29, 0.717) is 18.0 Å². The van der Waals surface area contributed by atoms with Gasteiger partial charge in [0, 0.05) is 49.0 Å². The summed E-state index contributed by atoms with van der Waals surface area (Å²) in [5, 5.41) is 10.2. The summed E-state index contributed by atoms with van der Waals surface area (Å²) in [5.74, 6) is 0.0683. The monoisotopic (exact) mass is 478 g/mol. The summed E-state index contributed by atoms with van der Waals surface area (Å²) in [4.78, 5) is 10.9. The van der Waals surface area contributed by atoms with Crippen LogP contribution in [0.3, 0.4) is 0 Å². The second kappa shape index (κ2) is 9.54. The predicted molar refractivity (Wildman–Crippen MR) is 131 cm³/mol. The molecule has 0 amide bonds. The van der Waals surface area contributed by atoms with Crippen LogP contribution in [0.4, 0.5) is 0 Å². The third-order valence-corrected chi connectivity index (χ3v) is 9.26. The first-order chi connectivity index (χ1) is 16.5. The molecule has 1 aromatic heterocycles. The third-order valence-electron chi connectivity index (χ3n) is 7.23. The first-order valence-electron chi connectivity index (χ1n) is 11.8. The molecule has 3 atom stereocenters. The zero-order valence-corrected chi connectivity index (χ0v) is 20.1. The molecule has 0 unspecified atom stereocenters. The van der Waals surface area contributed by atoms with Crippen LogP contribution in [0.2, 0.25) is 0 Å². The van der Waals surface area contributed by atoms with Gasteiger partial charge in [-0.2, -0.15) is 4.31 Å². The molecule has 0 saturated carbocycles. The van der Waals surface area contributed by atoms with E-state index >= 15 is 0 Å². The number of aromatic nitrogens is 2. The summed E-state index contributed by atoms with van der Waals surface area (Å²) in [5.41, 5.74) is 3.86. The van der Waals surface area contributed by atoms with Crippen LogP contribution in [0.1, 0.15) is 29.9 Å². The molecule has 2 fully saturated rings. The second-order valence-electron chi connectivity index (χ2n) is 9.17. The van der Waals surface area contributed by atoms with Crippen molar-refractivity contribution in [3.8, 4) is 11.1 Å². The van der Waals surface area contributed by atoms with Gasteiger partial charge in [-0.15, -0.1) is 0 Å². The van der Waals surface area contributed by atoms with Crippen LogP contribution in [0, 0.1) is 6.92 Å². The van der Waals surface area contributed by atoms with Gasteiger partial charge < -0.3 is 5.11 Å². The minimum absolute atomic E-state index is 0.00276. The molecule has 3 heterocycles. The van der Waals surface area contributed by atoms with Gasteiger partial charge in [0.15, 0.2) is 0 Å². The summed E-state index contributed by atoms with van der Waals surface area (Å²) >= 11 is 0. The fourth-order valence-electron chi connectivity index (χ4n) is 5.46. The lowest BCUT2D eigenvalue weighted by Crippen LogP contribution is -2.67. The number of aliphatic hydroxyl groups is 1. The van der Waals surface area contributed by atoms with Crippen LogP contribution in [0.25, 0.3) is 11.1 Å². The van der Waals surface area contributed by atoms with Gasteiger partial charge in [-0.3, -0.25) is 4.90 Å². The van der Waals surface area contributed by atoms with Crippen molar-refractivity contribution < 1.29 is 13.5 Å². The number of hydrogen-bond donors (Lipinski definition) is 1. The number of aliphatic hydroxyl groups excluding tert-OH is 1. The van der Waals surface area contributed by atoms with Gasteiger partial charge in [-0.05, 0) is 49.1 Å². The smallest absolute Gasteiger partial charge is 0.243 e. The Balaban J connectivity index is 1.44. The Bertz CT molecular complexity index is 1230. The zero-order valence-electron chi connectivity index (χ0n) is 19.3. The van der Waals surface area contributed by atoms with Crippen LogP contribution in [-0.4, -0.2) is 71.0 Å². The van der Waals surface area contributed by atoms with Crippen LogP contribution >= 0.6 is 0 Å². The average molecular weight is 479 g/mol. The molecule has 0 bridgehead atoms. The minimum atomic E-state index is -3.60. The number of fused-ring (bicyclic) bond motifs is 1. The summed E-state index contributed by atoms with van der Waals surface area (Å²) in [6.07, 6.45) is 6.80. The van der Waals surface area contributed by atoms with E-state index < -0.39 is 10.0 Å². The third kappa shape index (κ3) is 4.15. The normalized spacial score (nSPS) is 24.0. The number of rotatable bonds is 5. The minimum Gasteiger partial charge on any atom is -0.395 e. The fraction of sp³-hybridized carbons (Fsp3) is 0.385. The molecule has 7 nitrogen and oxygen atoms in total. The van der Waals surface area contributed by atoms with E-state index in [0.717, 1.165) is 41.6 Å². The van der Waals surface area contributed by atoms with E-state index in [4.69, 9.17) is 0 Å². The van der Waals surface area contributed by atoms with Crippen molar-refractivity contribution in [3.05, 3.63) is 78.4 Å². The number of sulfonamides is 1. The largest absolute Gasteiger partial charge is 0.395 e. The Morgan fingerprint density at radius 2 is 1.68 bits per heavy atom. The van der Waals surface area contributed by atoms with Gasteiger partial charge >= 0.3 is 0 Å². The van der Waals surface area contributed by atoms with Crippen molar-refractivity contribution in [2.45, 2.75) is 42.7 Å². The molecule has 2 aliphatic heterocycles. The van der Waals surface area contributed by atoms with E-state index in [1.54, 1.807) is 28.8 Å². The highest BCUT2D eigenvalue weighted by atomic mass is 32.2. The van der Waals surface area contributed by atoms with Crippen molar-refractivity contribution >= 4 is 10.0 Å². The SMILES string of the molecule is Cc1ccccc1S(=O)(=O)N1CCCCN2[C@H](CO)[C@H](c3ccc(-c4cncnc4)cc3)[C@H]2C1. The molecule has 178 valence electrons. The summed E-state index contributed by atoms with van der Waals surface area (Å²) in [6.45, 7) is 3.72. The van der Waals surface area contributed by atoms with Crippen LogP contribution in [0.5, 0.6) is 0 Å². The van der Waals surface area contributed by atoms with E-state index in [-0.39, 0.29) is 24.6 Å². The first kappa shape index (κ1) is 23.1. The van der Waals surface area contributed by atoms with Crippen molar-refractivity contribution in [2.75, 3.05) is 26.2 Å². The molecule has 5 rings (SSSR count). The van der Waals surface area contributed by atoms with Crippen LogP contribution < -0.4 is 0 Å². The van der Waals surface area contributed by atoms with Gasteiger partial charge in [0.1, 0.15) is 6.33 Å². The summed E-state index contributed by atoms with van der Waals surface area (Å²) in [7, 11) is -3.60. The quantitative estimate of drug-likeness (QED) is 0.607. The molecule has 2 aromatic carbocycles. The molecule has 8 heteroatoms. The van der Waals surface area contributed by atoms with Gasteiger partial charge in [0.25, 0.3) is 0 Å². The Morgan fingerprint density at radius 3 is 2.38 bits per heavy atom. The van der Waals surface area contributed by atoms with Gasteiger partial charge in [0.2, 0.25) is 10.0 Å². The van der Waals surface area contributed by atoms with Crippen molar-refractivity contribution in [2.24, 2.45) is 0 Å². The van der Waals surface area contributed by atoms with E-state index in [2.05, 4.69) is 39.1 Å². The molecular weight excluding hydrogens is 448 g/mol. The van der Waals surface area contributed by atoms with Crippen molar-refractivity contribution in [1.29, 1.82) is 0 Å². The molecular formula is C26H30N4O3S. The summed E-state index contributed by atoms with van der Waals surface area (Å²) in [6, 6.07) is 15.5. The first-order valence-corrected chi connectivity index (χ1v) is 13.2.